The van der Waals surface area contributed by atoms with Crippen LogP contribution in [0.25, 0.3) is 0 Å². The predicted octanol–water partition coefficient (Wildman–Crippen LogP) is 1.71. The van der Waals surface area contributed by atoms with Crippen LogP contribution in [-0.2, 0) is 4.79 Å². The number of carbonyl (C=O) groups excluding carboxylic acids is 1. The van der Waals surface area contributed by atoms with Gasteiger partial charge in [0.1, 0.15) is 0 Å². The second-order valence-electron chi connectivity index (χ2n) is 5.05. The first-order valence-corrected chi connectivity index (χ1v) is 6.23. The van der Waals surface area contributed by atoms with Gasteiger partial charge in [0.25, 0.3) is 0 Å². The molecule has 1 rings (SSSR count). The van der Waals surface area contributed by atoms with Gasteiger partial charge in [-0.1, -0.05) is 15.9 Å². The molecule has 0 bridgehead atoms. The molecule has 1 heterocycles. The van der Waals surface area contributed by atoms with Gasteiger partial charge in [-0.25, -0.2) is 0 Å². The molecule has 1 aliphatic rings. The Morgan fingerprint density at radius 3 is 2.00 bits per heavy atom. The molecule has 0 radical (unpaired) electrons. The Morgan fingerprint density at radius 2 is 1.67 bits per heavy atom. The molecule has 0 aliphatic carbocycles. The number of rotatable bonds is 1. The van der Waals surface area contributed by atoms with Gasteiger partial charge >= 0.3 is 0 Å². The monoisotopic (exact) mass is 276 g/mol. The molecule has 1 amide bonds. The van der Waals surface area contributed by atoms with Crippen molar-refractivity contribution in [2.45, 2.75) is 44.1 Å². The summed E-state index contributed by atoms with van der Waals surface area (Å²) in [6.45, 7) is 9.80. The largest absolute Gasteiger partial charge is 0.338 e. The summed E-state index contributed by atoms with van der Waals surface area (Å²) >= 11 is 3.43. The number of hydrogen-bond donors (Lipinski definition) is 0. The minimum atomic E-state index is -0.442. The number of carbonyl (C=O) groups is 1. The van der Waals surface area contributed by atoms with Crippen molar-refractivity contribution in [3.8, 4) is 0 Å². The first-order chi connectivity index (χ1) is 6.73. The van der Waals surface area contributed by atoms with Crippen molar-refractivity contribution in [1.29, 1.82) is 0 Å². The van der Waals surface area contributed by atoms with Crippen molar-refractivity contribution in [2.75, 3.05) is 20.1 Å². The molecule has 88 valence electrons. The lowest BCUT2D eigenvalue weighted by Crippen LogP contribution is -2.58. The van der Waals surface area contributed by atoms with Gasteiger partial charge in [0, 0.05) is 25.2 Å². The third kappa shape index (κ3) is 2.94. The summed E-state index contributed by atoms with van der Waals surface area (Å²) in [4.78, 5) is 16.4. The molecular formula is C11H21BrN2O. The Hall–Kier alpha value is -0.0900. The minimum Gasteiger partial charge on any atom is -0.338 e. The van der Waals surface area contributed by atoms with Crippen LogP contribution in [0.2, 0.25) is 0 Å². The van der Waals surface area contributed by atoms with Gasteiger partial charge in [-0.05, 0) is 34.7 Å². The predicted molar refractivity (Wildman–Crippen MR) is 66.3 cm³/mol. The smallest absolute Gasteiger partial charge is 0.239 e. The van der Waals surface area contributed by atoms with Gasteiger partial charge in [0.15, 0.2) is 0 Å². The Morgan fingerprint density at radius 1 is 1.27 bits per heavy atom. The maximum Gasteiger partial charge on any atom is 0.239 e. The minimum absolute atomic E-state index is 0.189. The maximum absolute atomic E-state index is 12.1. The Kier molecular flexibility index (Phi) is 3.82. The Balaban J connectivity index is 2.70. The lowest BCUT2D eigenvalue weighted by Gasteiger charge is -2.43. The highest BCUT2D eigenvalue weighted by Crippen LogP contribution is 2.22. The summed E-state index contributed by atoms with van der Waals surface area (Å²) in [5, 5.41) is 0. The maximum atomic E-state index is 12.1. The van der Waals surface area contributed by atoms with Crippen molar-refractivity contribution < 1.29 is 4.79 Å². The summed E-state index contributed by atoms with van der Waals surface area (Å²) in [6, 6.07) is 0.875. The summed E-state index contributed by atoms with van der Waals surface area (Å²) in [5.41, 5.74) is 0. The SMILES string of the molecule is C[C@@H]1CN(C(=O)C(C)(C)Br)C[C@H](C)N1C. The van der Waals surface area contributed by atoms with E-state index in [2.05, 4.69) is 41.7 Å². The van der Waals surface area contributed by atoms with Crippen LogP contribution >= 0.6 is 15.9 Å². The number of halogens is 1. The standard InChI is InChI=1S/C11H21BrN2O/c1-8-6-14(7-9(2)13(8)5)10(15)11(3,4)12/h8-9H,6-7H2,1-5H3/t8-,9+. The van der Waals surface area contributed by atoms with E-state index >= 15 is 0 Å². The number of piperazine rings is 1. The molecule has 0 aromatic heterocycles. The number of likely N-dealkylation sites (N-methyl/N-ethyl adjacent to an activating group) is 1. The number of amides is 1. The van der Waals surface area contributed by atoms with E-state index < -0.39 is 4.32 Å². The van der Waals surface area contributed by atoms with Crippen LogP contribution in [0.5, 0.6) is 0 Å². The molecule has 15 heavy (non-hydrogen) atoms. The van der Waals surface area contributed by atoms with E-state index in [9.17, 15) is 4.79 Å². The average molecular weight is 277 g/mol. The second-order valence-corrected chi connectivity index (χ2v) is 7.03. The number of hydrogen-bond acceptors (Lipinski definition) is 2. The van der Waals surface area contributed by atoms with E-state index in [4.69, 9.17) is 0 Å². The Bertz CT molecular complexity index is 237. The molecule has 1 saturated heterocycles. The third-order valence-electron chi connectivity index (χ3n) is 3.16. The summed E-state index contributed by atoms with van der Waals surface area (Å²) in [6.07, 6.45) is 0. The van der Waals surface area contributed by atoms with Crippen LogP contribution in [-0.4, -0.2) is 52.3 Å². The highest BCUT2D eigenvalue weighted by atomic mass is 79.9. The Labute approximate surface area is 101 Å². The third-order valence-corrected chi connectivity index (χ3v) is 3.49. The van der Waals surface area contributed by atoms with Crippen molar-refractivity contribution in [1.82, 2.24) is 9.80 Å². The van der Waals surface area contributed by atoms with E-state index in [1.807, 2.05) is 18.7 Å². The fraction of sp³-hybridized carbons (Fsp3) is 0.909. The molecule has 0 aromatic carbocycles. The number of alkyl halides is 1. The van der Waals surface area contributed by atoms with Crippen LogP contribution in [0.1, 0.15) is 27.7 Å². The molecule has 0 N–H and O–H groups in total. The van der Waals surface area contributed by atoms with Crippen LogP contribution in [0, 0.1) is 0 Å². The van der Waals surface area contributed by atoms with Crippen LogP contribution in [0.15, 0.2) is 0 Å². The summed E-state index contributed by atoms with van der Waals surface area (Å²) in [5.74, 6) is 0.189. The number of nitrogens with zero attached hydrogens (tertiary/aromatic N) is 2. The van der Waals surface area contributed by atoms with E-state index in [1.54, 1.807) is 0 Å². The molecule has 2 atom stereocenters. The van der Waals surface area contributed by atoms with Gasteiger partial charge in [0.05, 0.1) is 4.32 Å². The normalized spacial score (nSPS) is 29.3. The molecular weight excluding hydrogens is 256 g/mol. The van der Waals surface area contributed by atoms with Crippen LogP contribution in [0.3, 0.4) is 0 Å². The lowest BCUT2D eigenvalue weighted by atomic mass is 10.1. The van der Waals surface area contributed by atoms with Crippen molar-refractivity contribution >= 4 is 21.8 Å². The van der Waals surface area contributed by atoms with Crippen molar-refractivity contribution in [3.05, 3.63) is 0 Å². The zero-order valence-corrected chi connectivity index (χ0v) is 11.8. The fourth-order valence-corrected chi connectivity index (χ4v) is 2.20. The molecule has 1 fully saturated rings. The molecule has 0 spiro atoms. The molecule has 4 heteroatoms. The second kappa shape index (κ2) is 4.42. The van der Waals surface area contributed by atoms with Gasteiger partial charge in [0.2, 0.25) is 5.91 Å². The first-order valence-electron chi connectivity index (χ1n) is 5.43. The molecule has 0 unspecified atom stereocenters. The zero-order chi connectivity index (χ0) is 11.8. The van der Waals surface area contributed by atoms with Gasteiger partial charge in [-0.2, -0.15) is 0 Å². The van der Waals surface area contributed by atoms with Gasteiger partial charge in [-0.15, -0.1) is 0 Å². The quantitative estimate of drug-likeness (QED) is 0.681. The van der Waals surface area contributed by atoms with Gasteiger partial charge < -0.3 is 4.90 Å². The fourth-order valence-electron chi connectivity index (χ4n) is 1.95. The molecule has 0 aromatic rings. The van der Waals surface area contributed by atoms with E-state index in [-0.39, 0.29) is 5.91 Å². The zero-order valence-electron chi connectivity index (χ0n) is 10.2. The van der Waals surface area contributed by atoms with E-state index in [1.165, 1.54) is 0 Å². The molecule has 3 nitrogen and oxygen atoms in total. The van der Waals surface area contributed by atoms with Crippen molar-refractivity contribution in [3.63, 3.8) is 0 Å². The lowest BCUT2D eigenvalue weighted by molar-refractivity contribution is -0.136. The molecule has 1 aliphatic heterocycles. The highest BCUT2D eigenvalue weighted by molar-refractivity contribution is 9.10. The van der Waals surface area contributed by atoms with Crippen LogP contribution in [0.4, 0.5) is 0 Å². The average Bonchev–Trinajstić information content (AvgIpc) is 2.10. The topological polar surface area (TPSA) is 23.6 Å². The summed E-state index contributed by atoms with van der Waals surface area (Å²) < 4.78 is -0.442. The highest BCUT2D eigenvalue weighted by Gasteiger charge is 2.35. The van der Waals surface area contributed by atoms with Gasteiger partial charge in [-0.3, -0.25) is 9.69 Å². The van der Waals surface area contributed by atoms with E-state index in [0.29, 0.717) is 12.1 Å². The van der Waals surface area contributed by atoms with Crippen LogP contribution < -0.4 is 0 Å². The molecule has 0 saturated carbocycles. The van der Waals surface area contributed by atoms with Crippen molar-refractivity contribution in [2.24, 2.45) is 0 Å². The van der Waals surface area contributed by atoms with E-state index in [0.717, 1.165) is 13.1 Å². The first kappa shape index (κ1) is 13.0. The summed E-state index contributed by atoms with van der Waals surface area (Å²) in [7, 11) is 2.12.